The highest BCUT2D eigenvalue weighted by molar-refractivity contribution is 7.89. The Morgan fingerprint density at radius 2 is 1.04 bits per heavy atom. The molecule has 0 aliphatic rings. The monoisotopic (exact) mass is 724 g/mol. The number of nitrogens with zero attached hydrogens (tertiary/aromatic N) is 4. The second-order valence-electron chi connectivity index (χ2n) is 10.6. The van der Waals surface area contributed by atoms with Crippen LogP contribution in [0.3, 0.4) is 0 Å². The topological polar surface area (TPSA) is 193 Å². The standard InChI is InChI=1S/C32H28N4O10S3/c1-23-13-17-27(18-14-23)48(41,42)45-31-11-5-7-25(33-31)21-35(47(39,40)30-10-4-3-9-29(30)36(37)38)22-26-8-6-12-32(34-26)46-49(43,44)28-19-15-24(2)16-20-28/h3-20H,21-22H2,1-2H3. The molecule has 5 aromatic rings. The van der Waals surface area contributed by atoms with Crippen molar-refractivity contribution in [2.75, 3.05) is 0 Å². The lowest BCUT2D eigenvalue weighted by atomic mass is 10.2. The number of nitro groups is 1. The first-order valence-corrected chi connectivity index (χ1v) is 18.6. The summed E-state index contributed by atoms with van der Waals surface area (Å²) >= 11 is 0. The maximum Gasteiger partial charge on any atom is 0.340 e. The summed E-state index contributed by atoms with van der Waals surface area (Å²) in [5.41, 5.74) is 1.02. The molecule has 5 rings (SSSR count). The van der Waals surface area contributed by atoms with Gasteiger partial charge in [-0.05, 0) is 56.3 Å². The van der Waals surface area contributed by atoms with Gasteiger partial charge in [-0.2, -0.15) is 21.1 Å². The van der Waals surface area contributed by atoms with Gasteiger partial charge in [-0.1, -0.05) is 59.7 Å². The predicted octanol–water partition coefficient (Wildman–Crippen LogP) is 4.93. The van der Waals surface area contributed by atoms with Crippen LogP contribution in [0.2, 0.25) is 0 Å². The SMILES string of the molecule is Cc1ccc(S(=O)(=O)Oc2cccc(CN(Cc3cccc(OS(=O)(=O)c4ccc(C)cc4)n3)S(=O)(=O)c3ccccc3[N+](=O)[O-])n2)cc1. The molecule has 2 heterocycles. The van der Waals surface area contributed by atoms with Crippen LogP contribution < -0.4 is 8.37 Å². The van der Waals surface area contributed by atoms with E-state index < -0.39 is 58.9 Å². The van der Waals surface area contributed by atoms with Gasteiger partial charge in [0.2, 0.25) is 11.8 Å². The van der Waals surface area contributed by atoms with Gasteiger partial charge in [0.05, 0.1) is 29.4 Å². The van der Waals surface area contributed by atoms with E-state index in [1.807, 2.05) is 0 Å². The molecule has 0 fully saturated rings. The van der Waals surface area contributed by atoms with E-state index in [-0.39, 0.29) is 32.9 Å². The quantitative estimate of drug-likeness (QED) is 0.0905. The molecule has 14 nitrogen and oxygen atoms in total. The van der Waals surface area contributed by atoms with Crippen molar-refractivity contribution in [1.82, 2.24) is 14.3 Å². The molecular weight excluding hydrogens is 697 g/mol. The Kier molecular flexibility index (Phi) is 10.1. The van der Waals surface area contributed by atoms with Crippen molar-refractivity contribution in [2.45, 2.75) is 41.6 Å². The zero-order valence-corrected chi connectivity index (χ0v) is 28.4. The second kappa shape index (κ2) is 14.1. The third kappa shape index (κ3) is 8.44. The Labute approximate surface area is 283 Å². The molecule has 3 aromatic carbocycles. The number of para-hydroxylation sites is 1. The van der Waals surface area contributed by atoms with Crippen LogP contribution in [0.4, 0.5) is 5.69 Å². The third-order valence-corrected chi connectivity index (χ3v) is 11.2. The molecule has 0 saturated carbocycles. The lowest BCUT2D eigenvalue weighted by Gasteiger charge is -2.22. The summed E-state index contributed by atoms with van der Waals surface area (Å²) in [6.07, 6.45) is 0. The fourth-order valence-corrected chi connectivity index (χ4v) is 7.77. The fourth-order valence-electron chi connectivity index (χ4n) is 4.47. The predicted molar refractivity (Wildman–Crippen MR) is 176 cm³/mol. The van der Waals surface area contributed by atoms with Crippen LogP contribution in [0, 0.1) is 24.0 Å². The van der Waals surface area contributed by atoms with Gasteiger partial charge in [0, 0.05) is 18.2 Å². The van der Waals surface area contributed by atoms with Gasteiger partial charge in [-0.3, -0.25) is 10.1 Å². The van der Waals surface area contributed by atoms with Gasteiger partial charge in [0.25, 0.3) is 15.7 Å². The van der Waals surface area contributed by atoms with E-state index in [1.54, 1.807) is 38.1 Å². The Morgan fingerprint density at radius 3 is 1.47 bits per heavy atom. The van der Waals surface area contributed by atoms with Gasteiger partial charge in [-0.15, -0.1) is 0 Å². The molecule has 0 amide bonds. The van der Waals surface area contributed by atoms with Crippen LogP contribution in [0.5, 0.6) is 11.8 Å². The molecule has 0 N–H and O–H groups in total. The maximum atomic E-state index is 14.0. The maximum absolute atomic E-state index is 14.0. The number of aryl methyl sites for hydroxylation is 2. The Bertz CT molecular complexity index is 2210. The summed E-state index contributed by atoms with van der Waals surface area (Å²) in [5.74, 6) is -0.702. The minimum Gasteiger partial charge on any atom is -0.358 e. The zero-order valence-electron chi connectivity index (χ0n) is 25.9. The first kappa shape index (κ1) is 35.1. The van der Waals surface area contributed by atoms with Crippen LogP contribution in [0.1, 0.15) is 22.5 Å². The molecule has 0 radical (unpaired) electrons. The highest BCUT2D eigenvalue weighted by Crippen LogP contribution is 2.29. The Hall–Kier alpha value is -5.23. The lowest BCUT2D eigenvalue weighted by molar-refractivity contribution is -0.387. The van der Waals surface area contributed by atoms with E-state index >= 15 is 0 Å². The summed E-state index contributed by atoms with van der Waals surface area (Å²) < 4.78 is 90.8. The van der Waals surface area contributed by atoms with Gasteiger partial charge in [-0.25, -0.2) is 18.4 Å². The fraction of sp³-hybridized carbons (Fsp3) is 0.125. The van der Waals surface area contributed by atoms with E-state index in [0.29, 0.717) is 0 Å². The van der Waals surface area contributed by atoms with Crippen LogP contribution in [-0.2, 0) is 43.3 Å². The summed E-state index contributed by atoms with van der Waals surface area (Å²) in [4.78, 5) is 18.5. The van der Waals surface area contributed by atoms with Crippen molar-refractivity contribution in [1.29, 1.82) is 0 Å². The molecule has 2 aromatic heterocycles. The number of aromatic nitrogens is 2. The average molecular weight is 725 g/mol. The van der Waals surface area contributed by atoms with Crippen molar-refractivity contribution in [3.8, 4) is 11.8 Å². The Morgan fingerprint density at radius 1 is 0.612 bits per heavy atom. The molecule has 0 bridgehead atoms. The molecule has 0 saturated heterocycles. The van der Waals surface area contributed by atoms with Crippen molar-refractivity contribution in [2.24, 2.45) is 0 Å². The molecule has 49 heavy (non-hydrogen) atoms. The van der Waals surface area contributed by atoms with Crippen LogP contribution in [0.15, 0.2) is 124 Å². The van der Waals surface area contributed by atoms with Gasteiger partial charge >= 0.3 is 20.2 Å². The summed E-state index contributed by atoms with van der Waals surface area (Å²) in [6, 6.07) is 24.8. The number of nitro benzene ring substituents is 1. The van der Waals surface area contributed by atoms with E-state index in [9.17, 15) is 35.4 Å². The van der Waals surface area contributed by atoms with E-state index in [4.69, 9.17) is 8.37 Å². The summed E-state index contributed by atoms with van der Waals surface area (Å²) in [5, 5.41) is 11.8. The average Bonchev–Trinajstić information content (AvgIpc) is 3.05. The first-order valence-electron chi connectivity index (χ1n) is 14.3. The molecule has 0 unspecified atom stereocenters. The van der Waals surface area contributed by atoms with E-state index in [2.05, 4.69) is 9.97 Å². The highest BCUT2D eigenvalue weighted by atomic mass is 32.2. The van der Waals surface area contributed by atoms with Crippen LogP contribution in [-0.4, -0.2) is 44.4 Å². The normalized spacial score (nSPS) is 12.1. The lowest BCUT2D eigenvalue weighted by Crippen LogP contribution is -2.31. The minimum atomic E-state index is -4.67. The van der Waals surface area contributed by atoms with Crippen molar-refractivity contribution in [3.63, 3.8) is 0 Å². The van der Waals surface area contributed by atoms with Gasteiger partial charge < -0.3 is 8.37 Å². The van der Waals surface area contributed by atoms with Crippen LogP contribution in [0.25, 0.3) is 0 Å². The van der Waals surface area contributed by atoms with Crippen LogP contribution >= 0.6 is 0 Å². The summed E-state index contributed by atoms with van der Waals surface area (Å²) in [6.45, 7) is 2.53. The number of rotatable bonds is 13. The molecule has 0 atom stereocenters. The number of pyridine rings is 2. The molecule has 17 heteroatoms. The number of sulfonamides is 1. The number of benzene rings is 3. The smallest absolute Gasteiger partial charge is 0.340 e. The third-order valence-electron chi connectivity index (χ3n) is 6.93. The summed E-state index contributed by atoms with van der Waals surface area (Å²) in [7, 11) is -13.3. The van der Waals surface area contributed by atoms with Crippen molar-refractivity contribution >= 4 is 35.9 Å². The van der Waals surface area contributed by atoms with Crippen molar-refractivity contribution < 1.29 is 38.5 Å². The van der Waals surface area contributed by atoms with Crippen molar-refractivity contribution in [3.05, 3.63) is 142 Å². The first-order chi connectivity index (χ1) is 23.1. The van der Waals surface area contributed by atoms with Gasteiger partial charge in [0.15, 0.2) is 4.90 Å². The number of hydrogen-bond donors (Lipinski definition) is 0. The largest absolute Gasteiger partial charge is 0.358 e. The highest BCUT2D eigenvalue weighted by Gasteiger charge is 2.32. The zero-order chi connectivity index (χ0) is 35.4. The molecule has 0 aliphatic heterocycles. The second-order valence-corrected chi connectivity index (χ2v) is 15.6. The van der Waals surface area contributed by atoms with E-state index in [0.717, 1.165) is 27.6 Å². The molecular formula is C32H28N4O10S3. The van der Waals surface area contributed by atoms with Gasteiger partial charge in [0.1, 0.15) is 9.79 Å². The molecule has 0 aliphatic carbocycles. The molecule has 254 valence electrons. The Balaban J connectivity index is 1.48. The minimum absolute atomic E-state index is 0.0214. The molecule has 0 spiro atoms. The van der Waals surface area contributed by atoms with E-state index in [1.165, 1.54) is 72.8 Å². The number of hydrogen-bond acceptors (Lipinski definition) is 12.